The van der Waals surface area contributed by atoms with Crippen LogP contribution in [0.2, 0.25) is 0 Å². The molecule has 0 amide bonds. The van der Waals surface area contributed by atoms with Gasteiger partial charge in [-0.15, -0.1) is 0 Å². The van der Waals surface area contributed by atoms with E-state index in [9.17, 15) is 5.11 Å². The number of nitrogens with zero attached hydrogens (tertiary/aromatic N) is 3. The second-order valence-corrected chi connectivity index (χ2v) is 7.28. The first kappa shape index (κ1) is 22.4. The molecule has 0 aliphatic rings. The molecule has 164 valence electrons. The molecule has 0 bridgehead atoms. The highest BCUT2D eigenvalue weighted by atomic mass is 16.3. The Labute approximate surface area is 183 Å². The molecule has 2 aromatic heterocycles. The Morgan fingerprint density at radius 3 is 2.58 bits per heavy atom. The molecule has 31 heavy (non-hydrogen) atoms. The van der Waals surface area contributed by atoms with E-state index in [0.29, 0.717) is 12.5 Å². The molecular formula is C24H31N5O2. The first-order chi connectivity index (χ1) is 15.2. The molecule has 0 fully saturated rings. The Morgan fingerprint density at radius 1 is 1.06 bits per heavy atom. The van der Waals surface area contributed by atoms with E-state index >= 15 is 0 Å². The van der Waals surface area contributed by atoms with E-state index in [1.807, 2.05) is 30.3 Å². The molecule has 0 aliphatic carbocycles. The number of aliphatic hydroxyl groups excluding tert-OH is 1. The number of furan rings is 1. The Hall–Kier alpha value is -3.32. The molecule has 7 heteroatoms. The Bertz CT molecular complexity index is 885. The molecule has 1 aromatic carbocycles. The number of aromatic nitrogens is 1. The van der Waals surface area contributed by atoms with E-state index in [0.717, 1.165) is 37.3 Å². The number of para-hydroxylation sites is 1. The summed E-state index contributed by atoms with van der Waals surface area (Å²) in [5, 5.41) is 17.1. The maximum Gasteiger partial charge on any atom is 0.191 e. The average Bonchev–Trinajstić information content (AvgIpc) is 3.34. The molecule has 3 aromatic rings. The van der Waals surface area contributed by atoms with E-state index in [1.54, 1.807) is 30.8 Å². The SMILES string of the molecule is CN(CCCNC(=NCC(O)c1ccncc1)NCCc1ccco1)c1ccccc1. The standard InChI is InChI=1S/C24H31N5O2/c1-29(21-7-3-2-4-8-21)17-6-13-26-24(27-16-12-22-9-5-18-31-22)28-19-23(30)20-10-14-25-15-11-20/h2-5,7-11,14-15,18,23,30H,6,12-13,16-17,19H2,1H3,(H2,26,27,28). The highest BCUT2D eigenvalue weighted by Gasteiger charge is 2.08. The van der Waals surface area contributed by atoms with E-state index in [4.69, 9.17) is 4.42 Å². The first-order valence-electron chi connectivity index (χ1n) is 10.6. The van der Waals surface area contributed by atoms with Crippen LogP contribution >= 0.6 is 0 Å². The Morgan fingerprint density at radius 2 is 1.84 bits per heavy atom. The lowest BCUT2D eigenvalue weighted by Gasteiger charge is -2.20. The minimum Gasteiger partial charge on any atom is -0.469 e. The summed E-state index contributed by atoms with van der Waals surface area (Å²) in [7, 11) is 2.09. The fourth-order valence-electron chi connectivity index (χ4n) is 3.14. The van der Waals surface area contributed by atoms with E-state index in [-0.39, 0.29) is 6.54 Å². The molecule has 1 unspecified atom stereocenters. The highest BCUT2D eigenvalue weighted by molar-refractivity contribution is 5.79. The van der Waals surface area contributed by atoms with Gasteiger partial charge in [0.15, 0.2) is 5.96 Å². The van der Waals surface area contributed by atoms with Gasteiger partial charge in [-0.25, -0.2) is 0 Å². The van der Waals surface area contributed by atoms with Gasteiger partial charge in [-0.1, -0.05) is 18.2 Å². The third-order valence-corrected chi connectivity index (χ3v) is 4.92. The number of rotatable bonds is 11. The van der Waals surface area contributed by atoms with Crippen LogP contribution in [0.1, 0.15) is 23.8 Å². The van der Waals surface area contributed by atoms with Crippen LogP contribution in [-0.4, -0.2) is 49.3 Å². The molecule has 0 radical (unpaired) electrons. The number of nitrogens with one attached hydrogen (secondary N) is 2. The van der Waals surface area contributed by atoms with E-state index in [1.165, 1.54) is 5.69 Å². The van der Waals surface area contributed by atoms with Crippen molar-refractivity contribution in [3.8, 4) is 0 Å². The topological polar surface area (TPSA) is 85.9 Å². The van der Waals surface area contributed by atoms with Crippen LogP contribution in [0, 0.1) is 0 Å². The summed E-state index contributed by atoms with van der Waals surface area (Å²) in [4.78, 5) is 10.8. The molecule has 3 rings (SSSR count). The zero-order valence-corrected chi connectivity index (χ0v) is 17.9. The molecule has 3 N–H and O–H groups in total. The quantitative estimate of drug-likeness (QED) is 0.251. The summed E-state index contributed by atoms with van der Waals surface area (Å²) in [6.45, 7) is 2.66. The first-order valence-corrected chi connectivity index (χ1v) is 10.6. The number of pyridine rings is 1. The second kappa shape index (κ2) is 12.4. The molecule has 1 atom stereocenters. The van der Waals surface area contributed by atoms with Crippen molar-refractivity contribution in [3.63, 3.8) is 0 Å². The van der Waals surface area contributed by atoms with Crippen LogP contribution < -0.4 is 15.5 Å². The van der Waals surface area contributed by atoms with Gasteiger partial charge in [0.2, 0.25) is 0 Å². The van der Waals surface area contributed by atoms with Crippen LogP contribution in [0.5, 0.6) is 0 Å². The number of aliphatic hydroxyl groups is 1. The number of benzene rings is 1. The van der Waals surface area contributed by atoms with Crippen molar-refractivity contribution in [1.29, 1.82) is 0 Å². The summed E-state index contributed by atoms with van der Waals surface area (Å²) < 4.78 is 5.39. The van der Waals surface area contributed by atoms with Crippen molar-refractivity contribution in [2.45, 2.75) is 18.9 Å². The lowest BCUT2D eigenvalue weighted by Crippen LogP contribution is -2.40. The van der Waals surface area contributed by atoms with Crippen LogP contribution in [0.4, 0.5) is 5.69 Å². The van der Waals surface area contributed by atoms with Crippen LogP contribution in [-0.2, 0) is 6.42 Å². The number of hydrogen-bond donors (Lipinski definition) is 3. The van der Waals surface area contributed by atoms with Gasteiger partial charge >= 0.3 is 0 Å². The van der Waals surface area contributed by atoms with Crippen LogP contribution in [0.3, 0.4) is 0 Å². The van der Waals surface area contributed by atoms with Crippen molar-refractivity contribution in [1.82, 2.24) is 15.6 Å². The largest absolute Gasteiger partial charge is 0.469 e. The van der Waals surface area contributed by atoms with Crippen LogP contribution in [0.25, 0.3) is 0 Å². The number of guanidine groups is 1. The second-order valence-electron chi connectivity index (χ2n) is 7.28. The zero-order chi connectivity index (χ0) is 21.7. The molecule has 0 spiro atoms. The van der Waals surface area contributed by atoms with Gasteiger partial charge in [-0.3, -0.25) is 9.98 Å². The number of aliphatic imine (C=N–C) groups is 1. The molecule has 0 aliphatic heterocycles. The molecule has 0 saturated carbocycles. The Kier molecular flexibility index (Phi) is 8.94. The van der Waals surface area contributed by atoms with Crippen LogP contribution in [0.15, 0.2) is 82.7 Å². The normalized spacial score (nSPS) is 12.4. The van der Waals surface area contributed by atoms with Crippen molar-refractivity contribution in [2.24, 2.45) is 4.99 Å². The minimum atomic E-state index is -0.670. The monoisotopic (exact) mass is 421 g/mol. The fourth-order valence-corrected chi connectivity index (χ4v) is 3.14. The summed E-state index contributed by atoms with van der Waals surface area (Å²) in [5.41, 5.74) is 2.01. The predicted molar refractivity (Wildman–Crippen MR) is 124 cm³/mol. The molecule has 0 saturated heterocycles. The Balaban J connectivity index is 1.49. The van der Waals surface area contributed by atoms with E-state index < -0.39 is 6.10 Å². The van der Waals surface area contributed by atoms with Gasteiger partial charge in [0.05, 0.1) is 18.9 Å². The van der Waals surface area contributed by atoms with Crippen molar-refractivity contribution >= 4 is 11.6 Å². The maximum atomic E-state index is 10.4. The summed E-state index contributed by atoms with van der Waals surface area (Å²) >= 11 is 0. The molecular weight excluding hydrogens is 390 g/mol. The van der Waals surface area contributed by atoms with Crippen molar-refractivity contribution in [2.75, 3.05) is 38.1 Å². The predicted octanol–water partition coefficient (Wildman–Crippen LogP) is 3.01. The summed E-state index contributed by atoms with van der Waals surface area (Å²) in [6.07, 6.45) is 6.07. The van der Waals surface area contributed by atoms with Gasteiger partial charge in [0, 0.05) is 51.2 Å². The van der Waals surface area contributed by atoms with Gasteiger partial charge < -0.3 is 25.1 Å². The maximum absolute atomic E-state index is 10.4. The lowest BCUT2D eigenvalue weighted by atomic mass is 10.1. The highest BCUT2D eigenvalue weighted by Crippen LogP contribution is 2.12. The van der Waals surface area contributed by atoms with Crippen molar-refractivity contribution in [3.05, 3.63) is 84.6 Å². The van der Waals surface area contributed by atoms with Gasteiger partial charge in [-0.2, -0.15) is 0 Å². The van der Waals surface area contributed by atoms with Gasteiger partial charge in [0.1, 0.15) is 5.76 Å². The van der Waals surface area contributed by atoms with Gasteiger partial charge in [0.25, 0.3) is 0 Å². The third kappa shape index (κ3) is 7.79. The summed E-state index contributed by atoms with van der Waals surface area (Å²) in [6, 6.07) is 17.8. The van der Waals surface area contributed by atoms with Crippen molar-refractivity contribution < 1.29 is 9.52 Å². The minimum absolute atomic E-state index is 0.268. The smallest absolute Gasteiger partial charge is 0.191 e. The number of hydrogen-bond acceptors (Lipinski definition) is 5. The summed E-state index contributed by atoms with van der Waals surface area (Å²) in [5.74, 6) is 1.61. The number of anilines is 1. The molecule has 7 nitrogen and oxygen atoms in total. The lowest BCUT2D eigenvalue weighted by molar-refractivity contribution is 0.187. The van der Waals surface area contributed by atoms with Gasteiger partial charge in [-0.05, 0) is 48.4 Å². The third-order valence-electron chi connectivity index (χ3n) is 4.92. The zero-order valence-electron chi connectivity index (χ0n) is 17.9. The fraction of sp³-hybridized carbons (Fsp3) is 0.333. The average molecular weight is 422 g/mol. The molecule has 2 heterocycles. The van der Waals surface area contributed by atoms with E-state index in [2.05, 4.69) is 44.7 Å².